The van der Waals surface area contributed by atoms with Crippen molar-refractivity contribution in [2.24, 2.45) is 0 Å². The number of para-hydroxylation sites is 1. The number of amides is 1. The van der Waals surface area contributed by atoms with Gasteiger partial charge in [-0.2, -0.15) is 0 Å². The van der Waals surface area contributed by atoms with Crippen molar-refractivity contribution in [3.05, 3.63) is 42.5 Å². The van der Waals surface area contributed by atoms with E-state index >= 15 is 0 Å². The number of anilines is 1. The van der Waals surface area contributed by atoms with Gasteiger partial charge in [0.2, 0.25) is 0 Å². The highest BCUT2D eigenvalue weighted by Gasteiger charge is 2.22. The number of rotatable bonds is 8. The second kappa shape index (κ2) is 11.1. The van der Waals surface area contributed by atoms with Gasteiger partial charge in [-0.05, 0) is 36.8 Å². The largest absolute Gasteiger partial charge is 0.497 e. The van der Waals surface area contributed by atoms with Crippen LogP contribution in [0.5, 0.6) is 5.75 Å². The van der Waals surface area contributed by atoms with Crippen LogP contribution in [0, 0.1) is 0 Å². The predicted molar refractivity (Wildman–Crippen MR) is 135 cm³/mol. The number of thiazole rings is 1. The van der Waals surface area contributed by atoms with Crippen molar-refractivity contribution in [2.75, 3.05) is 51.4 Å². The third-order valence-electron chi connectivity index (χ3n) is 5.78. The minimum atomic E-state index is -0.0568. The van der Waals surface area contributed by atoms with Crippen molar-refractivity contribution >= 4 is 56.0 Å². The molecule has 1 aliphatic rings. The fraction of sp³-hybridized carbons (Fsp3) is 0.391. The van der Waals surface area contributed by atoms with Crippen LogP contribution in [-0.2, 0) is 16.1 Å². The second-order valence-electron chi connectivity index (χ2n) is 7.92. The normalized spacial score (nSPS) is 14.3. The van der Waals surface area contributed by atoms with Crippen LogP contribution in [-0.4, -0.2) is 77.3 Å². The van der Waals surface area contributed by atoms with Crippen molar-refractivity contribution < 1.29 is 14.3 Å². The zero-order valence-corrected chi connectivity index (χ0v) is 20.6. The number of carbonyl (C=O) groups is 1. The Labute approximate surface area is 207 Å². The molecule has 0 aliphatic carbocycles. The Bertz CT molecular complexity index is 1260. The van der Waals surface area contributed by atoms with Crippen molar-refractivity contribution in [1.29, 1.82) is 0 Å². The summed E-state index contributed by atoms with van der Waals surface area (Å²) in [4.78, 5) is 22.4. The summed E-state index contributed by atoms with van der Waals surface area (Å²) in [5.41, 5.74) is 2.47. The summed E-state index contributed by atoms with van der Waals surface area (Å²) < 4.78 is 13.4. The van der Waals surface area contributed by atoms with Crippen LogP contribution >= 0.6 is 23.7 Å². The maximum Gasteiger partial charge on any atom is 0.250 e. The standard InChI is InChI=1S/C23H26N6O3S.ClH/c1-31-17-7-8-19-21(15-17)33-23(24-19)28(10-4-9-27-11-13-32-14-12-27)22(30)16-29-20-6-3-2-5-18(20)25-26-29;/h2-3,5-8,15H,4,9-14,16H2,1H3;1H. The number of halogens is 1. The van der Waals surface area contributed by atoms with E-state index in [1.807, 2.05) is 42.5 Å². The van der Waals surface area contributed by atoms with Crippen molar-refractivity contribution in [1.82, 2.24) is 24.9 Å². The van der Waals surface area contributed by atoms with Gasteiger partial charge in [-0.15, -0.1) is 17.5 Å². The maximum absolute atomic E-state index is 13.5. The number of ether oxygens (including phenoxy) is 2. The summed E-state index contributed by atoms with van der Waals surface area (Å²) in [5, 5.41) is 9.06. The highest BCUT2D eigenvalue weighted by atomic mass is 35.5. The van der Waals surface area contributed by atoms with E-state index in [1.54, 1.807) is 16.7 Å². The molecule has 2 aromatic heterocycles. The van der Waals surface area contributed by atoms with Gasteiger partial charge < -0.3 is 9.47 Å². The van der Waals surface area contributed by atoms with Crippen molar-refractivity contribution in [3.8, 4) is 5.75 Å². The van der Waals surface area contributed by atoms with Gasteiger partial charge in [0.25, 0.3) is 5.91 Å². The molecule has 1 amide bonds. The van der Waals surface area contributed by atoms with Crippen LogP contribution in [0.1, 0.15) is 6.42 Å². The topological polar surface area (TPSA) is 85.6 Å². The molecule has 1 aliphatic heterocycles. The first-order valence-corrected chi connectivity index (χ1v) is 11.9. The highest BCUT2D eigenvalue weighted by Crippen LogP contribution is 2.32. The summed E-state index contributed by atoms with van der Waals surface area (Å²) in [6.07, 6.45) is 0.850. The molecular weight excluding hydrogens is 476 g/mol. The van der Waals surface area contributed by atoms with Gasteiger partial charge in [0, 0.05) is 26.2 Å². The van der Waals surface area contributed by atoms with E-state index in [0.29, 0.717) is 11.7 Å². The number of hydrogen-bond donors (Lipinski definition) is 0. The van der Waals surface area contributed by atoms with E-state index in [1.165, 1.54) is 11.3 Å². The lowest BCUT2D eigenvalue weighted by Gasteiger charge is -2.27. The lowest BCUT2D eigenvalue weighted by molar-refractivity contribution is -0.119. The molecule has 2 aromatic carbocycles. The number of nitrogens with zero attached hydrogens (tertiary/aromatic N) is 6. The minimum absolute atomic E-state index is 0. The molecule has 0 saturated carbocycles. The Morgan fingerprint density at radius 3 is 2.82 bits per heavy atom. The summed E-state index contributed by atoms with van der Waals surface area (Å²) in [7, 11) is 1.65. The van der Waals surface area contributed by atoms with E-state index in [9.17, 15) is 4.79 Å². The number of methoxy groups -OCH3 is 1. The fourth-order valence-electron chi connectivity index (χ4n) is 3.99. The van der Waals surface area contributed by atoms with Crippen LogP contribution < -0.4 is 9.64 Å². The molecule has 11 heteroatoms. The number of carbonyl (C=O) groups excluding carboxylic acids is 1. The van der Waals surface area contributed by atoms with Crippen molar-refractivity contribution in [2.45, 2.75) is 13.0 Å². The predicted octanol–water partition coefficient (Wildman–Crippen LogP) is 3.23. The third-order valence-corrected chi connectivity index (χ3v) is 6.82. The molecule has 1 saturated heterocycles. The molecule has 180 valence electrons. The van der Waals surface area contributed by atoms with Gasteiger partial charge in [-0.1, -0.05) is 28.7 Å². The summed E-state index contributed by atoms with van der Waals surface area (Å²) in [5.74, 6) is 0.718. The van der Waals surface area contributed by atoms with E-state index in [0.717, 1.165) is 66.3 Å². The van der Waals surface area contributed by atoms with E-state index in [4.69, 9.17) is 14.5 Å². The fourth-order valence-corrected chi connectivity index (χ4v) is 5.02. The molecule has 0 unspecified atom stereocenters. The average molecular weight is 503 g/mol. The van der Waals surface area contributed by atoms with Crippen LogP contribution in [0.25, 0.3) is 21.3 Å². The molecule has 5 rings (SSSR count). The first-order chi connectivity index (χ1) is 16.2. The van der Waals surface area contributed by atoms with Crippen LogP contribution in [0.15, 0.2) is 42.5 Å². The van der Waals surface area contributed by atoms with Gasteiger partial charge in [-0.3, -0.25) is 14.6 Å². The number of benzene rings is 2. The number of hydrogen-bond acceptors (Lipinski definition) is 8. The molecule has 3 heterocycles. The average Bonchev–Trinajstić information content (AvgIpc) is 3.46. The zero-order chi connectivity index (χ0) is 22.6. The van der Waals surface area contributed by atoms with Crippen LogP contribution in [0.4, 0.5) is 5.13 Å². The molecule has 9 nitrogen and oxygen atoms in total. The van der Waals surface area contributed by atoms with Crippen molar-refractivity contribution in [3.63, 3.8) is 0 Å². The summed E-state index contributed by atoms with van der Waals surface area (Å²) in [6, 6.07) is 13.4. The first kappa shape index (κ1) is 24.3. The lowest BCUT2D eigenvalue weighted by Crippen LogP contribution is -2.40. The van der Waals surface area contributed by atoms with Gasteiger partial charge in [0.1, 0.15) is 17.8 Å². The minimum Gasteiger partial charge on any atom is -0.497 e. The van der Waals surface area contributed by atoms with Gasteiger partial charge in [-0.25, -0.2) is 9.67 Å². The first-order valence-electron chi connectivity index (χ1n) is 11.0. The summed E-state index contributed by atoms with van der Waals surface area (Å²) >= 11 is 1.50. The molecule has 0 bridgehead atoms. The number of morpholine rings is 1. The third kappa shape index (κ3) is 5.30. The Kier molecular flexibility index (Phi) is 7.94. The van der Waals surface area contributed by atoms with Gasteiger partial charge in [0.15, 0.2) is 5.13 Å². The number of aromatic nitrogens is 4. The quantitative estimate of drug-likeness (QED) is 0.365. The van der Waals surface area contributed by atoms with Crippen LogP contribution in [0.3, 0.4) is 0 Å². The second-order valence-corrected chi connectivity index (χ2v) is 8.93. The molecule has 0 atom stereocenters. The maximum atomic E-state index is 13.5. The molecule has 0 radical (unpaired) electrons. The number of fused-ring (bicyclic) bond motifs is 2. The monoisotopic (exact) mass is 502 g/mol. The molecule has 1 fully saturated rings. The summed E-state index contributed by atoms with van der Waals surface area (Å²) in [6.45, 7) is 5.00. The SMILES string of the molecule is COc1ccc2nc(N(CCCN3CCOCC3)C(=O)Cn3nnc4ccccc43)sc2c1.Cl. The molecule has 0 N–H and O–H groups in total. The van der Waals surface area contributed by atoms with Crippen LogP contribution in [0.2, 0.25) is 0 Å². The van der Waals surface area contributed by atoms with Gasteiger partial charge >= 0.3 is 0 Å². The van der Waals surface area contributed by atoms with E-state index < -0.39 is 0 Å². The Balaban J connectivity index is 0.00000274. The highest BCUT2D eigenvalue weighted by molar-refractivity contribution is 7.22. The smallest absolute Gasteiger partial charge is 0.250 e. The molecule has 0 spiro atoms. The Hall–Kier alpha value is -2.79. The van der Waals surface area contributed by atoms with E-state index in [2.05, 4.69) is 15.2 Å². The van der Waals surface area contributed by atoms with E-state index in [-0.39, 0.29) is 24.9 Å². The molecule has 34 heavy (non-hydrogen) atoms. The Morgan fingerprint density at radius 1 is 1.18 bits per heavy atom. The lowest BCUT2D eigenvalue weighted by atomic mass is 10.3. The molecular formula is C23H27ClN6O3S. The molecule has 4 aromatic rings. The Morgan fingerprint density at radius 2 is 2.00 bits per heavy atom. The van der Waals surface area contributed by atoms with Gasteiger partial charge in [0.05, 0.1) is 36.1 Å². The zero-order valence-electron chi connectivity index (χ0n) is 18.9.